The summed E-state index contributed by atoms with van der Waals surface area (Å²) in [7, 11) is 3.95. The van der Waals surface area contributed by atoms with Gasteiger partial charge in [0.25, 0.3) is 0 Å². The fraction of sp³-hybridized carbons (Fsp3) is 0.500. The monoisotopic (exact) mass is 460 g/mol. The number of hydrogen-bond donors (Lipinski definition) is 2. The van der Waals surface area contributed by atoms with Crippen molar-refractivity contribution in [3.63, 3.8) is 0 Å². The van der Waals surface area contributed by atoms with Gasteiger partial charge < -0.3 is 15.5 Å². The first-order chi connectivity index (χ1) is 15.1. The molecule has 0 saturated heterocycles. The number of amides is 1. The minimum absolute atomic E-state index is 0.0388. The number of nitrogens with zero attached hydrogens (tertiary/aromatic N) is 6. The summed E-state index contributed by atoms with van der Waals surface area (Å²) in [6.07, 6.45) is 1.76. The van der Waals surface area contributed by atoms with Gasteiger partial charge in [-0.25, -0.2) is 9.97 Å². The van der Waals surface area contributed by atoms with Crippen molar-refractivity contribution in [1.29, 1.82) is 0 Å². The van der Waals surface area contributed by atoms with Crippen LogP contribution in [0.2, 0.25) is 5.28 Å². The molecule has 10 heteroatoms. The lowest BCUT2D eigenvalue weighted by Crippen LogP contribution is -2.29. The normalized spacial score (nSPS) is 10.9. The second-order valence-electron chi connectivity index (χ2n) is 8.33. The zero-order valence-electron chi connectivity index (χ0n) is 19.9. The van der Waals surface area contributed by atoms with Crippen molar-refractivity contribution in [2.75, 3.05) is 32.5 Å². The molecule has 32 heavy (non-hydrogen) atoms. The molecule has 0 bridgehead atoms. The van der Waals surface area contributed by atoms with E-state index in [0.717, 1.165) is 47.7 Å². The van der Waals surface area contributed by atoms with Gasteiger partial charge in [0.1, 0.15) is 16.9 Å². The van der Waals surface area contributed by atoms with Crippen molar-refractivity contribution < 1.29 is 4.79 Å². The second kappa shape index (κ2) is 11.7. The van der Waals surface area contributed by atoms with Crippen molar-refractivity contribution in [2.24, 2.45) is 5.92 Å². The first-order valence-electron chi connectivity index (χ1n) is 10.6. The van der Waals surface area contributed by atoms with E-state index >= 15 is 0 Å². The fourth-order valence-electron chi connectivity index (χ4n) is 2.95. The molecule has 9 nitrogen and oxygen atoms in total. The summed E-state index contributed by atoms with van der Waals surface area (Å²) < 4.78 is 1.93. The van der Waals surface area contributed by atoms with E-state index in [1.807, 2.05) is 49.7 Å². The number of nitrogens with one attached hydrogen (secondary N) is 2. The van der Waals surface area contributed by atoms with Crippen LogP contribution in [0.4, 0.5) is 11.6 Å². The van der Waals surface area contributed by atoms with E-state index in [2.05, 4.69) is 44.5 Å². The second-order valence-corrected chi connectivity index (χ2v) is 8.67. The molecular weight excluding hydrogens is 428 g/mol. The molecule has 3 aromatic heterocycles. The van der Waals surface area contributed by atoms with Crippen LogP contribution < -0.4 is 10.6 Å². The van der Waals surface area contributed by atoms with Gasteiger partial charge in [0, 0.05) is 32.8 Å². The van der Waals surface area contributed by atoms with E-state index in [1.165, 1.54) is 6.92 Å². The molecule has 0 atom stereocenters. The molecule has 2 N–H and O–H groups in total. The maximum Gasteiger partial charge on any atom is 0.225 e. The van der Waals surface area contributed by atoms with Crippen molar-refractivity contribution in [3.05, 3.63) is 34.9 Å². The predicted molar refractivity (Wildman–Crippen MR) is 129 cm³/mol. The molecule has 3 heterocycles. The van der Waals surface area contributed by atoms with E-state index in [-0.39, 0.29) is 11.2 Å². The minimum Gasteiger partial charge on any atom is -0.355 e. The van der Waals surface area contributed by atoms with Crippen LogP contribution >= 0.6 is 11.6 Å². The summed E-state index contributed by atoms with van der Waals surface area (Å²) >= 11 is 6.09. The van der Waals surface area contributed by atoms with Gasteiger partial charge in [0.15, 0.2) is 5.82 Å². The summed E-state index contributed by atoms with van der Waals surface area (Å²) in [5, 5.41) is 10.7. The molecule has 3 rings (SSSR count). The number of fused-ring (bicyclic) bond motifs is 1. The highest BCUT2D eigenvalue weighted by Gasteiger charge is 2.17. The van der Waals surface area contributed by atoms with Gasteiger partial charge in [-0.05, 0) is 63.2 Å². The number of aryl methyl sites for hydroxylation is 2. The lowest BCUT2D eigenvalue weighted by atomic mass is 10.2. The van der Waals surface area contributed by atoms with E-state index in [4.69, 9.17) is 11.6 Å². The Balaban J connectivity index is 0.000000344. The number of pyridine rings is 1. The molecule has 0 aliphatic carbocycles. The van der Waals surface area contributed by atoms with Crippen LogP contribution in [0.1, 0.15) is 32.0 Å². The fourth-order valence-corrected chi connectivity index (χ4v) is 3.12. The lowest BCUT2D eigenvalue weighted by molar-refractivity contribution is -0.118. The average molecular weight is 461 g/mol. The summed E-state index contributed by atoms with van der Waals surface area (Å²) in [5.41, 5.74) is 3.57. The lowest BCUT2D eigenvalue weighted by Gasteiger charge is -2.11. The third-order valence-corrected chi connectivity index (χ3v) is 4.53. The van der Waals surface area contributed by atoms with Gasteiger partial charge >= 0.3 is 0 Å². The number of aromatic nitrogens is 5. The largest absolute Gasteiger partial charge is 0.355 e. The van der Waals surface area contributed by atoms with Crippen LogP contribution in [0.5, 0.6) is 0 Å². The van der Waals surface area contributed by atoms with Gasteiger partial charge in [-0.3, -0.25) is 9.48 Å². The van der Waals surface area contributed by atoms with Gasteiger partial charge in [-0.15, -0.1) is 0 Å². The minimum atomic E-state index is 0.0388. The highest BCUT2D eigenvalue weighted by atomic mass is 35.5. The number of halogens is 1. The molecular formula is C22H33ClN8O. The third kappa shape index (κ3) is 7.72. The average Bonchev–Trinajstić information content (AvgIpc) is 2.96. The van der Waals surface area contributed by atoms with Crippen molar-refractivity contribution in [2.45, 2.75) is 41.2 Å². The molecule has 0 spiro atoms. The first kappa shape index (κ1) is 25.5. The third-order valence-electron chi connectivity index (χ3n) is 4.36. The van der Waals surface area contributed by atoms with E-state index in [0.29, 0.717) is 11.7 Å². The molecule has 174 valence electrons. The standard InChI is InChI=1S/C16H19ClN6.C6H14N2O/c1-9(2)8-23-14-13(11(4)22-23)20-16(17)21-15(14)19-12-7-10(3)5-6-18-12;1-6(9)7-4-5-8(2)3/h5-7,9H,8H2,1-4H3,(H,18,19,20,21);4-5H2,1-3H3,(H,7,9). The Morgan fingerprint density at radius 3 is 2.56 bits per heavy atom. The molecule has 0 unspecified atom stereocenters. The van der Waals surface area contributed by atoms with Crippen LogP contribution in [0.25, 0.3) is 11.0 Å². The van der Waals surface area contributed by atoms with E-state index < -0.39 is 0 Å². The van der Waals surface area contributed by atoms with Gasteiger partial charge in [0.2, 0.25) is 11.2 Å². The van der Waals surface area contributed by atoms with Gasteiger partial charge in [-0.1, -0.05) is 13.8 Å². The summed E-state index contributed by atoms with van der Waals surface area (Å²) in [5.74, 6) is 1.84. The highest BCUT2D eigenvalue weighted by molar-refractivity contribution is 6.28. The van der Waals surface area contributed by atoms with Crippen molar-refractivity contribution in [3.8, 4) is 0 Å². The number of likely N-dealkylation sites (N-methyl/N-ethyl adjacent to an activating group) is 1. The Kier molecular flexibility index (Phi) is 9.34. The Labute approximate surface area is 194 Å². The SMILES string of the molecule is CC(=O)NCCN(C)C.Cc1ccnc(Nc2nc(Cl)nc3c(C)nn(CC(C)C)c23)c1. The highest BCUT2D eigenvalue weighted by Crippen LogP contribution is 2.27. The summed E-state index contributed by atoms with van der Waals surface area (Å²) in [6.45, 7) is 12.2. The number of rotatable bonds is 7. The van der Waals surface area contributed by atoms with Gasteiger partial charge in [-0.2, -0.15) is 10.1 Å². The number of hydrogen-bond acceptors (Lipinski definition) is 7. The number of anilines is 2. The van der Waals surface area contributed by atoms with E-state index in [9.17, 15) is 4.79 Å². The molecule has 0 fully saturated rings. The number of carbonyl (C=O) groups is 1. The predicted octanol–water partition coefficient (Wildman–Crippen LogP) is 3.58. The summed E-state index contributed by atoms with van der Waals surface area (Å²) in [4.78, 5) is 25.3. The molecule has 0 aliphatic rings. The zero-order valence-corrected chi connectivity index (χ0v) is 20.7. The molecule has 0 saturated carbocycles. The Hall–Kier alpha value is -2.78. The van der Waals surface area contributed by atoms with Gasteiger partial charge in [0.05, 0.1) is 5.69 Å². The van der Waals surface area contributed by atoms with Crippen molar-refractivity contribution >= 4 is 40.2 Å². The Morgan fingerprint density at radius 2 is 1.97 bits per heavy atom. The van der Waals surface area contributed by atoms with Crippen LogP contribution in [-0.4, -0.2) is 62.7 Å². The van der Waals surface area contributed by atoms with Crippen LogP contribution in [0, 0.1) is 19.8 Å². The Bertz CT molecular complexity index is 1050. The van der Waals surface area contributed by atoms with Crippen LogP contribution in [0.15, 0.2) is 18.3 Å². The van der Waals surface area contributed by atoms with Crippen molar-refractivity contribution in [1.82, 2.24) is 34.9 Å². The van der Waals surface area contributed by atoms with Crippen LogP contribution in [-0.2, 0) is 11.3 Å². The maximum atomic E-state index is 10.3. The molecule has 0 aromatic carbocycles. The van der Waals surface area contributed by atoms with E-state index in [1.54, 1.807) is 6.20 Å². The smallest absolute Gasteiger partial charge is 0.225 e. The Morgan fingerprint density at radius 1 is 1.25 bits per heavy atom. The zero-order chi connectivity index (χ0) is 23.8. The maximum absolute atomic E-state index is 10.3. The molecule has 0 aliphatic heterocycles. The number of carbonyl (C=O) groups excluding carboxylic acids is 1. The summed E-state index contributed by atoms with van der Waals surface area (Å²) in [6, 6.07) is 3.90. The molecule has 0 radical (unpaired) electrons. The molecule has 1 amide bonds. The molecule has 3 aromatic rings. The van der Waals surface area contributed by atoms with Crippen LogP contribution in [0.3, 0.4) is 0 Å². The first-order valence-corrected chi connectivity index (χ1v) is 10.9. The topological polar surface area (TPSA) is 101 Å². The quantitative estimate of drug-likeness (QED) is 0.519.